The van der Waals surface area contributed by atoms with Gasteiger partial charge >= 0.3 is 0 Å². The van der Waals surface area contributed by atoms with Crippen LogP contribution in [0.15, 0.2) is 36.5 Å². The van der Waals surface area contributed by atoms with Crippen molar-refractivity contribution in [2.45, 2.75) is 65.2 Å². The number of nitrogens with zero attached hydrogens (tertiary/aromatic N) is 2. The Morgan fingerprint density at radius 1 is 1.18 bits per heavy atom. The second-order valence-electron chi connectivity index (χ2n) is 11.4. The fraction of sp³-hybridized carbons (Fsp3) is 0.517. The van der Waals surface area contributed by atoms with E-state index in [-0.39, 0.29) is 11.3 Å². The second-order valence-corrected chi connectivity index (χ2v) is 11.4. The summed E-state index contributed by atoms with van der Waals surface area (Å²) < 4.78 is 0. The van der Waals surface area contributed by atoms with Crippen LogP contribution in [0.3, 0.4) is 0 Å². The van der Waals surface area contributed by atoms with Crippen molar-refractivity contribution in [3.8, 4) is 11.3 Å². The summed E-state index contributed by atoms with van der Waals surface area (Å²) in [7, 11) is 0. The highest BCUT2D eigenvalue weighted by Crippen LogP contribution is 2.40. The molecule has 5 rings (SSSR count). The summed E-state index contributed by atoms with van der Waals surface area (Å²) in [5.41, 5.74) is 6.54. The molecule has 3 aromatic rings. The van der Waals surface area contributed by atoms with Crippen molar-refractivity contribution < 1.29 is 4.79 Å². The molecule has 34 heavy (non-hydrogen) atoms. The van der Waals surface area contributed by atoms with E-state index < -0.39 is 5.41 Å². The fourth-order valence-corrected chi connectivity index (χ4v) is 6.17. The van der Waals surface area contributed by atoms with E-state index in [1.807, 2.05) is 13.1 Å². The van der Waals surface area contributed by atoms with Crippen LogP contribution < -0.4 is 5.32 Å². The summed E-state index contributed by atoms with van der Waals surface area (Å²) >= 11 is 0. The quantitative estimate of drug-likeness (QED) is 0.539. The van der Waals surface area contributed by atoms with E-state index in [0.717, 1.165) is 60.6 Å². The van der Waals surface area contributed by atoms with Crippen LogP contribution in [0.4, 0.5) is 0 Å². The van der Waals surface area contributed by atoms with Crippen molar-refractivity contribution in [3.05, 3.63) is 53.3 Å². The maximum Gasteiger partial charge on any atom is 0.232 e. The number of carbonyl (C=O) groups excluding carboxylic acids is 1. The summed E-state index contributed by atoms with van der Waals surface area (Å²) in [5, 5.41) is 4.74. The number of H-pyrrole nitrogens is 1. The number of nitrogens with one attached hydrogen (secondary N) is 2. The molecule has 1 atom stereocenters. The molecule has 2 N–H and O–H groups in total. The van der Waals surface area contributed by atoms with Gasteiger partial charge in [-0.1, -0.05) is 19.9 Å². The van der Waals surface area contributed by atoms with E-state index in [2.05, 4.69) is 78.2 Å². The van der Waals surface area contributed by atoms with Crippen LogP contribution in [-0.4, -0.2) is 47.0 Å². The van der Waals surface area contributed by atoms with Crippen molar-refractivity contribution in [3.63, 3.8) is 0 Å². The molecule has 0 radical (unpaired) electrons. The molecule has 5 nitrogen and oxygen atoms in total. The monoisotopic (exact) mass is 458 g/mol. The average Bonchev–Trinajstić information content (AvgIpc) is 3.42. The number of likely N-dealkylation sites (tertiary alicyclic amines) is 1. The van der Waals surface area contributed by atoms with Gasteiger partial charge in [-0.3, -0.25) is 9.78 Å². The van der Waals surface area contributed by atoms with E-state index in [0.29, 0.717) is 5.92 Å². The lowest BCUT2D eigenvalue weighted by molar-refractivity contribution is -0.139. The number of carbonyl (C=O) groups is 1. The molecular formula is C29H38N4O. The summed E-state index contributed by atoms with van der Waals surface area (Å²) in [6.07, 6.45) is 5.39. The maximum atomic E-state index is 13.9. The van der Waals surface area contributed by atoms with Crippen molar-refractivity contribution in [2.24, 2.45) is 5.41 Å². The Hall–Kier alpha value is -2.66. The fourth-order valence-electron chi connectivity index (χ4n) is 6.17. The summed E-state index contributed by atoms with van der Waals surface area (Å²) in [4.78, 5) is 24.0. The number of hydrogen-bond acceptors (Lipinski definition) is 3. The molecular weight excluding hydrogens is 420 g/mol. The lowest BCUT2D eigenvalue weighted by atomic mass is 9.77. The maximum absolute atomic E-state index is 13.9. The highest BCUT2D eigenvalue weighted by Gasteiger charge is 2.43. The third-order valence-electron chi connectivity index (χ3n) is 8.14. The highest BCUT2D eigenvalue weighted by molar-refractivity contribution is 5.94. The van der Waals surface area contributed by atoms with Crippen LogP contribution >= 0.6 is 0 Å². The topological polar surface area (TPSA) is 61.0 Å². The smallest absolute Gasteiger partial charge is 0.232 e. The lowest BCUT2D eigenvalue weighted by Crippen LogP contribution is -2.52. The minimum atomic E-state index is -0.572. The molecule has 5 heteroatoms. The zero-order chi connectivity index (χ0) is 24.1. The van der Waals surface area contributed by atoms with Crippen LogP contribution in [0, 0.1) is 12.3 Å². The zero-order valence-corrected chi connectivity index (χ0v) is 21.3. The first-order chi connectivity index (χ1) is 16.2. The first-order valence-corrected chi connectivity index (χ1v) is 12.8. The predicted octanol–water partition coefficient (Wildman–Crippen LogP) is 5.54. The van der Waals surface area contributed by atoms with Gasteiger partial charge in [0, 0.05) is 53.4 Å². The SMILES string of the molecule is Cc1cc(-c2[nH]c3ccc(C(C)(C)C(=O)N4CCCC5(CCNC5)C4)cc3c2C(C)C)ccn1. The van der Waals surface area contributed by atoms with Gasteiger partial charge in [0.1, 0.15) is 0 Å². The van der Waals surface area contributed by atoms with E-state index >= 15 is 0 Å². The molecule has 2 fully saturated rings. The number of aromatic amines is 1. The molecule has 4 heterocycles. The van der Waals surface area contributed by atoms with Crippen LogP contribution in [0.2, 0.25) is 0 Å². The van der Waals surface area contributed by atoms with Gasteiger partial charge in [-0.25, -0.2) is 0 Å². The van der Waals surface area contributed by atoms with Crippen molar-refractivity contribution >= 4 is 16.8 Å². The molecule has 1 aromatic carbocycles. The molecule has 2 aromatic heterocycles. The number of rotatable bonds is 4. The summed E-state index contributed by atoms with van der Waals surface area (Å²) in [5.74, 6) is 0.604. The van der Waals surface area contributed by atoms with Gasteiger partial charge in [-0.05, 0) is 87.9 Å². The van der Waals surface area contributed by atoms with Gasteiger partial charge < -0.3 is 15.2 Å². The van der Waals surface area contributed by atoms with Crippen molar-refractivity contribution in [1.29, 1.82) is 0 Å². The van der Waals surface area contributed by atoms with Crippen molar-refractivity contribution in [2.75, 3.05) is 26.2 Å². The van der Waals surface area contributed by atoms with Gasteiger partial charge in [-0.2, -0.15) is 0 Å². The number of aromatic nitrogens is 2. The molecule has 0 bridgehead atoms. The van der Waals surface area contributed by atoms with Crippen LogP contribution in [0.1, 0.15) is 69.7 Å². The largest absolute Gasteiger partial charge is 0.354 e. The molecule has 1 amide bonds. The average molecular weight is 459 g/mol. The molecule has 2 aliphatic heterocycles. The molecule has 180 valence electrons. The number of hydrogen-bond donors (Lipinski definition) is 2. The Bertz CT molecular complexity index is 1220. The zero-order valence-electron chi connectivity index (χ0n) is 21.3. The Kier molecular flexibility index (Phi) is 5.79. The van der Waals surface area contributed by atoms with Crippen LogP contribution in [-0.2, 0) is 10.2 Å². The normalized spacial score (nSPS) is 21.2. The van der Waals surface area contributed by atoms with E-state index in [1.54, 1.807) is 0 Å². The number of fused-ring (bicyclic) bond motifs is 1. The van der Waals surface area contributed by atoms with Gasteiger partial charge in [0.2, 0.25) is 5.91 Å². The van der Waals surface area contributed by atoms with Gasteiger partial charge in [0.25, 0.3) is 0 Å². The Balaban J connectivity index is 1.52. The van der Waals surface area contributed by atoms with Crippen LogP contribution in [0.5, 0.6) is 0 Å². The molecule has 2 aliphatic rings. The van der Waals surface area contributed by atoms with E-state index in [4.69, 9.17) is 0 Å². The lowest BCUT2D eigenvalue weighted by Gasteiger charge is -2.43. The van der Waals surface area contributed by atoms with Gasteiger partial charge in [-0.15, -0.1) is 0 Å². The minimum Gasteiger partial charge on any atom is -0.354 e. The molecule has 1 spiro atoms. The second kappa shape index (κ2) is 8.53. The first-order valence-electron chi connectivity index (χ1n) is 12.8. The predicted molar refractivity (Wildman–Crippen MR) is 139 cm³/mol. The number of amides is 1. The Labute approximate surface area is 203 Å². The highest BCUT2D eigenvalue weighted by atomic mass is 16.2. The molecule has 2 saturated heterocycles. The third-order valence-corrected chi connectivity index (χ3v) is 8.14. The number of pyridine rings is 1. The molecule has 1 unspecified atom stereocenters. The molecule has 0 aliphatic carbocycles. The number of benzene rings is 1. The van der Waals surface area contributed by atoms with E-state index in [1.165, 1.54) is 23.8 Å². The Morgan fingerprint density at radius 2 is 2.00 bits per heavy atom. The molecule has 0 saturated carbocycles. The first kappa shape index (κ1) is 23.1. The third kappa shape index (κ3) is 3.94. The van der Waals surface area contributed by atoms with Gasteiger partial charge in [0.15, 0.2) is 0 Å². The minimum absolute atomic E-state index is 0.254. The van der Waals surface area contributed by atoms with E-state index in [9.17, 15) is 4.79 Å². The summed E-state index contributed by atoms with van der Waals surface area (Å²) in [6.45, 7) is 14.6. The Morgan fingerprint density at radius 3 is 2.71 bits per heavy atom. The van der Waals surface area contributed by atoms with Gasteiger partial charge in [0.05, 0.1) is 11.1 Å². The number of aryl methyl sites for hydroxylation is 1. The number of piperidine rings is 1. The standard InChI is InChI=1S/C29H38N4O/c1-19(2)25-23-16-22(7-8-24(23)32-26(25)21-9-12-31-20(3)15-21)28(4,5)27(34)33-14-6-10-29(18-33)11-13-30-17-29/h7-9,12,15-16,19,30,32H,6,10-11,13-14,17-18H2,1-5H3. The summed E-state index contributed by atoms with van der Waals surface area (Å²) in [6, 6.07) is 10.8. The van der Waals surface area contributed by atoms with Crippen molar-refractivity contribution in [1.82, 2.24) is 20.2 Å². The van der Waals surface area contributed by atoms with Crippen LogP contribution in [0.25, 0.3) is 22.2 Å².